The van der Waals surface area contributed by atoms with Gasteiger partial charge in [0.15, 0.2) is 11.4 Å². The quantitative estimate of drug-likeness (QED) is 0.137. The van der Waals surface area contributed by atoms with Crippen molar-refractivity contribution in [2.75, 3.05) is 32.1 Å². The van der Waals surface area contributed by atoms with E-state index in [-0.39, 0.29) is 18.4 Å². The molecule has 0 aliphatic rings. The van der Waals surface area contributed by atoms with Crippen molar-refractivity contribution in [3.63, 3.8) is 0 Å². The molecule has 0 amide bonds. The van der Waals surface area contributed by atoms with Gasteiger partial charge in [0, 0.05) is 50.0 Å². The lowest BCUT2D eigenvalue weighted by Gasteiger charge is -2.14. The molecule has 0 spiro atoms. The highest BCUT2D eigenvalue weighted by Gasteiger charge is 2.15. The minimum atomic E-state index is -0.583. The van der Waals surface area contributed by atoms with Crippen molar-refractivity contribution < 1.29 is 14.6 Å². The van der Waals surface area contributed by atoms with E-state index in [1.54, 1.807) is 24.0 Å². The van der Waals surface area contributed by atoms with Gasteiger partial charge in [-0.1, -0.05) is 25.0 Å². The second kappa shape index (κ2) is 14.0. The third-order valence-electron chi connectivity index (χ3n) is 6.71. The Morgan fingerprint density at radius 1 is 1.12 bits per heavy atom. The number of nitrogens with zero attached hydrogens (tertiary/aromatic N) is 5. The normalized spacial score (nSPS) is 12.2. The Morgan fingerprint density at radius 2 is 1.95 bits per heavy atom. The number of likely N-dealkylation sites (N-methyl/N-ethyl adjacent to an activating group) is 1. The molecule has 0 aliphatic heterocycles. The molecule has 214 valence electrons. The molecular formula is C30H41N7O3. The zero-order valence-corrected chi connectivity index (χ0v) is 23.9. The van der Waals surface area contributed by atoms with Gasteiger partial charge in [-0.25, -0.2) is 9.67 Å². The van der Waals surface area contributed by atoms with Gasteiger partial charge in [0.1, 0.15) is 24.2 Å². The first-order valence-electron chi connectivity index (χ1n) is 14.1. The van der Waals surface area contributed by atoms with Crippen molar-refractivity contribution in [1.29, 1.82) is 0 Å². The number of aryl methyl sites for hydroxylation is 1. The van der Waals surface area contributed by atoms with Crippen molar-refractivity contribution in [1.82, 2.24) is 29.9 Å². The number of benzene rings is 1. The zero-order valence-electron chi connectivity index (χ0n) is 23.9. The molecule has 1 atom stereocenters. The van der Waals surface area contributed by atoms with Crippen LogP contribution < -0.4 is 15.4 Å². The van der Waals surface area contributed by atoms with Crippen LogP contribution in [0.4, 0.5) is 5.69 Å². The molecule has 0 radical (unpaired) electrons. The molecule has 4 aromatic rings. The summed E-state index contributed by atoms with van der Waals surface area (Å²) in [5, 5.41) is 26.3. The first kappa shape index (κ1) is 29.2. The van der Waals surface area contributed by atoms with Crippen LogP contribution in [0.3, 0.4) is 0 Å². The molecule has 0 saturated carbocycles. The number of ketones is 1. The third-order valence-corrected chi connectivity index (χ3v) is 6.71. The van der Waals surface area contributed by atoms with Crippen molar-refractivity contribution in [2.45, 2.75) is 58.1 Å². The van der Waals surface area contributed by atoms with E-state index in [2.05, 4.69) is 40.7 Å². The van der Waals surface area contributed by atoms with Gasteiger partial charge >= 0.3 is 0 Å². The average Bonchev–Trinajstić information content (AvgIpc) is 3.58. The van der Waals surface area contributed by atoms with Gasteiger partial charge < -0.3 is 20.5 Å². The van der Waals surface area contributed by atoms with Crippen molar-refractivity contribution in [3.05, 3.63) is 54.5 Å². The molecule has 4 rings (SSSR count). The number of anilines is 1. The molecule has 3 heterocycles. The van der Waals surface area contributed by atoms with Crippen molar-refractivity contribution >= 4 is 22.5 Å². The number of carbonyl (C=O) groups is 1. The Kier molecular flexibility index (Phi) is 10.3. The summed E-state index contributed by atoms with van der Waals surface area (Å²) in [6.07, 6.45) is 7.52. The highest BCUT2D eigenvalue weighted by Crippen LogP contribution is 2.31. The van der Waals surface area contributed by atoms with Crippen molar-refractivity contribution in [3.8, 4) is 17.0 Å². The van der Waals surface area contributed by atoms with Crippen molar-refractivity contribution in [2.24, 2.45) is 7.05 Å². The molecule has 0 fully saturated rings. The number of hydrogen-bond acceptors (Lipinski definition) is 8. The van der Waals surface area contributed by atoms with Crippen LogP contribution in [-0.4, -0.2) is 68.3 Å². The Bertz CT molecular complexity index is 1400. The molecule has 3 N–H and O–H groups in total. The summed E-state index contributed by atoms with van der Waals surface area (Å²) in [6.45, 7) is 5.68. The van der Waals surface area contributed by atoms with Crippen LogP contribution in [0.2, 0.25) is 0 Å². The number of rotatable bonds is 16. The molecule has 0 aliphatic carbocycles. The maximum absolute atomic E-state index is 12.2. The lowest BCUT2D eigenvalue weighted by Crippen LogP contribution is -2.29. The summed E-state index contributed by atoms with van der Waals surface area (Å²) in [4.78, 5) is 17.2. The van der Waals surface area contributed by atoms with E-state index in [1.165, 1.54) is 0 Å². The topological polar surface area (TPSA) is 119 Å². The van der Waals surface area contributed by atoms with E-state index in [4.69, 9.17) is 9.72 Å². The lowest BCUT2D eigenvalue weighted by molar-refractivity contribution is 0.0973. The van der Waals surface area contributed by atoms with Gasteiger partial charge in [0.2, 0.25) is 0 Å². The number of aliphatic hydroxyl groups excluding tert-OH is 1. The second-order valence-electron chi connectivity index (χ2n) is 10.4. The van der Waals surface area contributed by atoms with E-state index in [0.29, 0.717) is 24.4 Å². The minimum Gasteiger partial charge on any atom is -0.491 e. The zero-order chi connectivity index (χ0) is 28.5. The molecule has 10 heteroatoms. The summed E-state index contributed by atoms with van der Waals surface area (Å²) < 4.78 is 9.42. The number of unbranched alkanes of at least 4 members (excludes halogenated alkanes) is 3. The number of carbonyl (C=O) groups excluding carboxylic acids is 1. The van der Waals surface area contributed by atoms with Crippen LogP contribution in [0.5, 0.6) is 5.75 Å². The van der Waals surface area contributed by atoms with Gasteiger partial charge in [-0.05, 0) is 58.0 Å². The molecule has 0 saturated heterocycles. The Morgan fingerprint density at radius 3 is 2.70 bits per heavy atom. The maximum atomic E-state index is 12.2. The highest BCUT2D eigenvalue weighted by atomic mass is 16.5. The predicted octanol–water partition coefficient (Wildman–Crippen LogP) is 4.62. The SMILES string of the molecule is CNCC(O)COc1cccc(-c2cc(NCCCCCCC(=O)c3ccn(C)n3)c3cnn(C(C)C)c3n2)c1. The monoisotopic (exact) mass is 547 g/mol. The Hall–Kier alpha value is -3.76. The van der Waals surface area contributed by atoms with E-state index < -0.39 is 6.10 Å². The van der Waals surface area contributed by atoms with Crippen LogP contribution in [0.25, 0.3) is 22.3 Å². The molecule has 3 aromatic heterocycles. The molecular weight excluding hydrogens is 506 g/mol. The predicted molar refractivity (Wildman–Crippen MR) is 158 cm³/mol. The molecule has 10 nitrogen and oxygen atoms in total. The molecule has 0 bridgehead atoms. The maximum Gasteiger partial charge on any atom is 0.183 e. The minimum absolute atomic E-state index is 0.108. The first-order valence-corrected chi connectivity index (χ1v) is 14.1. The Balaban J connectivity index is 1.39. The van der Waals surface area contributed by atoms with Gasteiger partial charge in [-0.3, -0.25) is 9.48 Å². The van der Waals surface area contributed by atoms with E-state index in [1.807, 2.05) is 42.2 Å². The Labute approximate surface area is 235 Å². The largest absolute Gasteiger partial charge is 0.491 e. The van der Waals surface area contributed by atoms with Crippen LogP contribution in [0, 0.1) is 0 Å². The lowest BCUT2D eigenvalue weighted by atomic mass is 10.1. The molecule has 40 heavy (non-hydrogen) atoms. The summed E-state index contributed by atoms with van der Waals surface area (Å²) in [6, 6.07) is 11.8. The number of pyridine rings is 1. The van der Waals surface area contributed by atoms with Gasteiger partial charge in [0.05, 0.1) is 17.3 Å². The standard InChI is InChI=1S/C30H41N7O3/c1-21(2)37-30-25(19-33-37)28(32-14-8-6-5-7-12-29(39)26-13-15-36(4)35-26)17-27(34-30)22-10-9-11-24(16-22)40-20-23(38)18-31-3/h9-11,13,15-17,19,21,23,31,38H,5-8,12,14,18,20H2,1-4H3,(H,32,34). The third kappa shape index (κ3) is 7.67. The summed E-state index contributed by atoms with van der Waals surface area (Å²) in [5.74, 6) is 0.791. The number of aliphatic hydroxyl groups is 1. The van der Waals surface area contributed by atoms with Crippen LogP contribution in [-0.2, 0) is 7.05 Å². The van der Waals surface area contributed by atoms with Crippen LogP contribution in [0.1, 0.15) is 62.5 Å². The first-order chi connectivity index (χ1) is 19.4. The fourth-order valence-corrected chi connectivity index (χ4v) is 4.60. The number of fused-ring (bicyclic) bond motifs is 1. The highest BCUT2D eigenvalue weighted by molar-refractivity contribution is 5.94. The number of aromatic nitrogens is 5. The molecule has 1 unspecified atom stereocenters. The van der Waals surface area contributed by atoms with E-state index >= 15 is 0 Å². The van der Waals surface area contributed by atoms with Crippen LogP contribution >= 0.6 is 0 Å². The number of ether oxygens (including phenoxy) is 1. The van der Waals surface area contributed by atoms with E-state index in [9.17, 15) is 9.90 Å². The fraction of sp³-hybridized carbons (Fsp3) is 0.467. The summed E-state index contributed by atoms with van der Waals surface area (Å²) in [7, 11) is 3.62. The second-order valence-corrected chi connectivity index (χ2v) is 10.4. The summed E-state index contributed by atoms with van der Waals surface area (Å²) >= 11 is 0. The molecule has 1 aromatic carbocycles. The van der Waals surface area contributed by atoms with E-state index in [0.717, 1.165) is 60.2 Å². The van der Waals surface area contributed by atoms with Gasteiger partial charge in [-0.2, -0.15) is 10.2 Å². The van der Waals surface area contributed by atoms with Gasteiger partial charge in [0.25, 0.3) is 0 Å². The fourth-order valence-electron chi connectivity index (χ4n) is 4.60. The number of hydrogen-bond donors (Lipinski definition) is 3. The number of nitrogens with one attached hydrogen (secondary N) is 2. The number of Topliss-reactive ketones (excluding diaryl/α,β-unsaturated/α-hetero) is 1. The smallest absolute Gasteiger partial charge is 0.183 e. The van der Waals surface area contributed by atoms with Gasteiger partial charge in [-0.15, -0.1) is 0 Å². The van der Waals surface area contributed by atoms with Crippen LogP contribution in [0.15, 0.2) is 48.8 Å². The summed E-state index contributed by atoms with van der Waals surface area (Å²) in [5.41, 5.74) is 4.13. The average molecular weight is 548 g/mol.